The summed E-state index contributed by atoms with van der Waals surface area (Å²) in [7, 11) is -2.40. The molecule has 1 N–H and O–H groups in total. The molecule has 0 radical (unpaired) electrons. The van der Waals surface area contributed by atoms with E-state index in [1.165, 1.54) is 11.4 Å². The number of carbonyl (C=O) groups is 2. The largest absolute Gasteiger partial charge is 0.481 e. The molecule has 1 rings (SSSR count). The molecule has 0 aliphatic carbocycles. The third kappa shape index (κ3) is 3.95. The summed E-state index contributed by atoms with van der Waals surface area (Å²) < 4.78 is 29.5. The summed E-state index contributed by atoms with van der Waals surface area (Å²) in [6.45, 7) is 0.321. The second-order valence-electron chi connectivity index (χ2n) is 4.15. The SMILES string of the molecule is COC(=O)CCS(=O)(=O)N1CCCC1CC(=O)O. The molecule has 0 amide bonds. The van der Waals surface area contributed by atoms with E-state index in [4.69, 9.17) is 5.11 Å². The van der Waals surface area contributed by atoms with Gasteiger partial charge in [0.25, 0.3) is 0 Å². The van der Waals surface area contributed by atoms with E-state index in [1.807, 2.05) is 0 Å². The molecule has 1 unspecified atom stereocenters. The van der Waals surface area contributed by atoms with Crippen molar-refractivity contribution in [1.29, 1.82) is 0 Å². The molecule has 1 aliphatic rings. The van der Waals surface area contributed by atoms with E-state index < -0.39 is 28.0 Å². The summed E-state index contributed by atoms with van der Waals surface area (Å²) in [5.74, 6) is -1.95. The van der Waals surface area contributed by atoms with Gasteiger partial charge < -0.3 is 9.84 Å². The average Bonchev–Trinajstić information content (AvgIpc) is 2.74. The van der Waals surface area contributed by atoms with Crippen molar-refractivity contribution in [2.45, 2.75) is 31.7 Å². The van der Waals surface area contributed by atoms with Gasteiger partial charge in [0.1, 0.15) is 0 Å². The van der Waals surface area contributed by atoms with Crippen molar-refractivity contribution in [1.82, 2.24) is 4.31 Å². The molecule has 18 heavy (non-hydrogen) atoms. The van der Waals surface area contributed by atoms with Crippen LogP contribution in [-0.2, 0) is 24.3 Å². The number of rotatable bonds is 6. The number of carboxylic acids is 1. The molecule has 0 aromatic heterocycles. The molecule has 104 valence electrons. The maximum atomic E-state index is 12.0. The standard InChI is InChI=1S/C10H17NO6S/c1-17-10(14)4-6-18(15,16)11-5-2-3-8(11)7-9(12)13/h8H,2-7H2,1H3,(H,12,13). The van der Waals surface area contributed by atoms with E-state index in [2.05, 4.69) is 4.74 Å². The molecule has 7 nitrogen and oxygen atoms in total. The number of methoxy groups -OCH3 is 1. The number of hydrogen-bond donors (Lipinski definition) is 1. The fourth-order valence-corrected chi connectivity index (χ4v) is 3.71. The van der Waals surface area contributed by atoms with Gasteiger partial charge >= 0.3 is 11.9 Å². The van der Waals surface area contributed by atoms with Crippen molar-refractivity contribution in [3.05, 3.63) is 0 Å². The van der Waals surface area contributed by atoms with Gasteiger partial charge in [-0.3, -0.25) is 9.59 Å². The van der Waals surface area contributed by atoms with Crippen LogP contribution in [-0.4, -0.2) is 55.2 Å². The Bertz CT molecular complexity index is 418. The first-order chi connectivity index (χ1) is 8.36. The molecule has 1 saturated heterocycles. The predicted molar refractivity (Wildman–Crippen MR) is 62.4 cm³/mol. The molecule has 1 atom stereocenters. The molecule has 0 aromatic rings. The Hall–Kier alpha value is -1.15. The minimum Gasteiger partial charge on any atom is -0.481 e. The van der Waals surface area contributed by atoms with Gasteiger partial charge in [-0.1, -0.05) is 0 Å². The fourth-order valence-electron chi connectivity index (χ4n) is 2.01. The number of aliphatic carboxylic acids is 1. The number of ether oxygens (including phenoxy) is 1. The van der Waals surface area contributed by atoms with Gasteiger partial charge in [0.2, 0.25) is 10.0 Å². The van der Waals surface area contributed by atoms with Gasteiger partial charge in [-0.05, 0) is 12.8 Å². The second-order valence-corrected chi connectivity index (χ2v) is 6.19. The molecule has 1 fully saturated rings. The van der Waals surface area contributed by atoms with Crippen LogP contribution < -0.4 is 0 Å². The summed E-state index contributed by atoms with van der Waals surface area (Å²) in [6, 6.07) is -0.495. The number of esters is 1. The number of sulfonamides is 1. The van der Waals surface area contributed by atoms with Crippen LogP contribution in [0, 0.1) is 0 Å². The minimum absolute atomic E-state index is 0.197. The molecule has 8 heteroatoms. The lowest BCUT2D eigenvalue weighted by Crippen LogP contribution is -2.38. The highest BCUT2D eigenvalue weighted by Crippen LogP contribution is 2.24. The van der Waals surface area contributed by atoms with Crippen LogP contribution in [0.5, 0.6) is 0 Å². The van der Waals surface area contributed by atoms with Crippen molar-refractivity contribution in [3.63, 3.8) is 0 Å². The van der Waals surface area contributed by atoms with E-state index in [-0.39, 0.29) is 18.6 Å². The Labute approximate surface area is 106 Å². The van der Waals surface area contributed by atoms with Gasteiger partial charge in [0.15, 0.2) is 0 Å². The smallest absolute Gasteiger partial charge is 0.306 e. The lowest BCUT2D eigenvalue weighted by atomic mass is 10.2. The van der Waals surface area contributed by atoms with Crippen molar-refractivity contribution in [2.75, 3.05) is 19.4 Å². The van der Waals surface area contributed by atoms with E-state index in [0.717, 1.165) is 0 Å². The van der Waals surface area contributed by atoms with Crippen molar-refractivity contribution < 1.29 is 27.9 Å². The van der Waals surface area contributed by atoms with Crippen molar-refractivity contribution in [3.8, 4) is 0 Å². The summed E-state index contributed by atoms with van der Waals surface area (Å²) in [6.07, 6.45) is 0.783. The molecule has 1 heterocycles. The second kappa shape index (κ2) is 6.14. The molecule has 1 aliphatic heterocycles. The summed E-state index contributed by atoms with van der Waals surface area (Å²) in [5, 5.41) is 8.72. The minimum atomic E-state index is -3.59. The van der Waals surface area contributed by atoms with Crippen molar-refractivity contribution >= 4 is 22.0 Å². The molecular weight excluding hydrogens is 262 g/mol. The Morgan fingerprint density at radius 2 is 2.11 bits per heavy atom. The van der Waals surface area contributed by atoms with Crippen LogP contribution in [0.25, 0.3) is 0 Å². The maximum absolute atomic E-state index is 12.0. The van der Waals surface area contributed by atoms with E-state index in [9.17, 15) is 18.0 Å². The third-order valence-corrected chi connectivity index (χ3v) is 4.80. The molecule has 0 spiro atoms. The lowest BCUT2D eigenvalue weighted by Gasteiger charge is -2.22. The zero-order chi connectivity index (χ0) is 13.8. The van der Waals surface area contributed by atoms with Gasteiger partial charge in [-0.25, -0.2) is 8.42 Å². The highest BCUT2D eigenvalue weighted by Gasteiger charge is 2.35. The van der Waals surface area contributed by atoms with Gasteiger partial charge in [0.05, 0.1) is 25.7 Å². The predicted octanol–water partition coefficient (Wildman–Crippen LogP) is -0.182. The highest BCUT2D eigenvalue weighted by atomic mass is 32.2. The topological polar surface area (TPSA) is 101 Å². The summed E-state index contributed by atoms with van der Waals surface area (Å²) in [5.41, 5.74) is 0. The fraction of sp³-hybridized carbons (Fsp3) is 0.800. The Kier molecular flexibility index (Phi) is 5.09. The molecular formula is C10H17NO6S. The quantitative estimate of drug-likeness (QED) is 0.677. The highest BCUT2D eigenvalue weighted by molar-refractivity contribution is 7.89. The van der Waals surface area contributed by atoms with Crippen LogP contribution in [0.3, 0.4) is 0 Å². The van der Waals surface area contributed by atoms with Crippen molar-refractivity contribution in [2.24, 2.45) is 0 Å². The van der Waals surface area contributed by atoms with Crippen LogP contribution in [0.2, 0.25) is 0 Å². The van der Waals surface area contributed by atoms with E-state index >= 15 is 0 Å². The van der Waals surface area contributed by atoms with Crippen LogP contribution >= 0.6 is 0 Å². The van der Waals surface area contributed by atoms with Crippen LogP contribution in [0.1, 0.15) is 25.7 Å². The number of carbonyl (C=O) groups excluding carboxylic acids is 1. The number of carboxylic acid groups (broad SMARTS) is 1. The third-order valence-electron chi connectivity index (χ3n) is 2.88. The Morgan fingerprint density at radius 1 is 1.44 bits per heavy atom. The van der Waals surface area contributed by atoms with Gasteiger partial charge in [-0.2, -0.15) is 4.31 Å². The zero-order valence-corrected chi connectivity index (χ0v) is 11.0. The van der Waals surface area contributed by atoms with Gasteiger partial charge in [-0.15, -0.1) is 0 Å². The molecule has 0 saturated carbocycles. The first-order valence-corrected chi connectivity index (χ1v) is 7.26. The Balaban J connectivity index is 2.65. The number of hydrogen-bond acceptors (Lipinski definition) is 5. The summed E-state index contributed by atoms with van der Waals surface area (Å²) >= 11 is 0. The maximum Gasteiger partial charge on any atom is 0.306 e. The number of nitrogens with zero attached hydrogens (tertiary/aromatic N) is 1. The first kappa shape index (κ1) is 14.9. The van der Waals surface area contributed by atoms with E-state index in [1.54, 1.807) is 0 Å². The normalized spacial score (nSPS) is 20.8. The summed E-state index contributed by atoms with van der Waals surface area (Å²) in [4.78, 5) is 21.6. The molecule has 0 aromatic carbocycles. The average molecular weight is 279 g/mol. The molecule has 0 bridgehead atoms. The van der Waals surface area contributed by atoms with Crippen LogP contribution in [0.15, 0.2) is 0 Å². The first-order valence-electron chi connectivity index (χ1n) is 5.65. The van der Waals surface area contributed by atoms with Gasteiger partial charge in [0, 0.05) is 12.6 Å². The zero-order valence-electron chi connectivity index (χ0n) is 10.2. The Morgan fingerprint density at radius 3 is 2.67 bits per heavy atom. The monoisotopic (exact) mass is 279 g/mol. The lowest BCUT2D eigenvalue weighted by molar-refractivity contribution is -0.140. The van der Waals surface area contributed by atoms with E-state index in [0.29, 0.717) is 19.4 Å². The van der Waals surface area contributed by atoms with Crippen LogP contribution in [0.4, 0.5) is 0 Å².